The van der Waals surface area contributed by atoms with E-state index in [1.165, 1.54) is 27.5 Å². The monoisotopic (exact) mass is 495 g/mol. The summed E-state index contributed by atoms with van der Waals surface area (Å²) in [5.74, 6) is 0. The van der Waals surface area contributed by atoms with Crippen LogP contribution in [0.1, 0.15) is 29.5 Å². The number of nitrogens with one attached hydrogen (secondary N) is 1. The molecule has 2 amide bonds. The van der Waals surface area contributed by atoms with Crippen LogP contribution in [0.3, 0.4) is 0 Å². The molecular weight excluding hydrogens is 466 g/mol. The molecule has 0 unspecified atom stereocenters. The number of hydrogen-bond donors (Lipinski definition) is 1. The van der Waals surface area contributed by atoms with Gasteiger partial charge in [-0.2, -0.15) is 0 Å². The summed E-state index contributed by atoms with van der Waals surface area (Å²) in [4.78, 5) is 17.9. The number of carbonyl (C=O) groups is 1. The SMILES string of the molecule is Cc1ccc2c(c1)C1(CCN(Cc3ccc4ccccc4c3)CC1)CN2C(=O)Nc1cccc(Cl)c1. The number of aryl methyl sites for hydroxylation is 1. The Bertz CT molecular complexity index is 1440. The molecule has 1 spiro atoms. The van der Waals surface area contributed by atoms with Crippen LogP contribution in [-0.2, 0) is 12.0 Å². The lowest BCUT2D eigenvalue weighted by Gasteiger charge is -2.40. The Morgan fingerprint density at radius 1 is 0.917 bits per heavy atom. The smallest absolute Gasteiger partial charge is 0.307 e. The Morgan fingerprint density at radius 2 is 1.72 bits per heavy atom. The minimum atomic E-state index is -0.0992. The second-order valence-corrected chi connectivity index (χ2v) is 10.7. The van der Waals surface area contributed by atoms with E-state index in [1.54, 1.807) is 6.07 Å². The highest BCUT2D eigenvalue weighted by Crippen LogP contribution is 2.47. The quantitative estimate of drug-likeness (QED) is 0.321. The summed E-state index contributed by atoms with van der Waals surface area (Å²) in [7, 11) is 0. The number of halogens is 1. The van der Waals surface area contributed by atoms with Gasteiger partial charge in [-0.3, -0.25) is 9.80 Å². The number of urea groups is 1. The lowest BCUT2D eigenvalue weighted by atomic mass is 9.74. The number of rotatable bonds is 3. The fraction of sp³-hybridized carbons (Fsp3) is 0.258. The van der Waals surface area contributed by atoms with Gasteiger partial charge in [-0.1, -0.05) is 71.8 Å². The van der Waals surface area contributed by atoms with E-state index in [0.29, 0.717) is 17.3 Å². The normalized spacial score (nSPS) is 16.9. The molecule has 0 aromatic heterocycles. The van der Waals surface area contributed by atoms with Crippen molar-refractivity contribution in [2.45, 2.75) is 31.7 Å². The van der Waals surface area contributed by atoms with Crippen molar-refractivity contribution in [1.82, 2.24) is 4.90 Å². The summed E-state index contributed by atoms with van der Waals surface area (Å²) in [5.41, 5.74) is 5.65. The van der Waals surface area contributed by atoms with Crippen LogP contribution < -0.4 is 10.2 Å². The Kier molecular flexibility index (Phi) is 5.94. The zero-order chi connectivity index (χ0) is 24.7. The van der Waals surface area contributed by atoms with Crippen molar-refractivity contribution in [1.29, 1.82) is 0 Å². The molecular formula is C31H30ClN3O. The molecule has 6 rings (SSSR count). The van der Waals surface area contributed by atoms with Crippen molar-refractivity contribution in [2.24, 2.45) is 0 Å². The number of piperidine rings is 1. The topological polar surface area (TPSA) is 35.6 Å². The van der Waals surface area contributed by atoms with E-state index in [0.717, 1.165) is 38.2 Å². The molecule has 1 saturated heterocycles. The van der Waals surface area contributed by atoms with Gasteiger partial charge in [0.2, 0.25) is 0 Å². The highest BCUT2D eigenvalue weighted by Gasteiger charge is 2.46. The first-order valence-corrected chi connectivity index (χ1v) is 13.0. The van der Waals surface area contributed by atoms with Crippen molar-refractivity contribution < 1.29 is 4.79 Å². The van der Waals surface area contributed by atoms with Gasteiger partial charge in [-0.05, 0) is 85.1 Å². The average Bonchev–Trinajstić information content (AvgIpc) is 3.19. The van der Waals surface area contributed by atoms with Gasteiger partial charge in [0.15, 0.2) is 0 Å². The van der Waals surface area contributed by atoms with Crippen LogP contribution in [0.15, 0.2) is 84.9 Å². The molecule has 2 heterocycles. The van der Waals surface area contributed by atoms with Crippen LogP contribution in [0.25, 0.3) is 10.8 Å². The molecule has 2 aliphatic rings. The van der Waals surface area contributed by atoms with E-state index < -0.39 is 0 Å². The van der Waals surface area contributed by atoms with Crippen LogP contribution in [0.2, 0.25) is 5.02 Å². The maximum absolute atomic E-state index is 13.4. The fourth-order valence-corrected chi connectivity index (χ4v) is 6.07. The van der Waals surface area contributed by atoms with E-state index in [4.69, 9.17) is 11.6 Å². The number of anilines is 2. The third-order valence-corrected chi connectivity index (χ3v) is 8.06. The van der Waals surface area contributed by atoms with Gasteiger partial charge < -0.3 is 5.32 Å². The van der Waals surface area contributed by atoms with E-state index >= 15 is 0 Å². The highest BCUT2D eigenvalue weighted by molar-refractivity contribution is 6.30. The van der Waals surface area contributed by atoms with Crippen LogP contribution in [-0.4, -0.2) is 30.6 Å². The minimum Gasteiger partial charge on any atom is -0.307 e. The molecule has 4 aromatic carbocycles. The molecule has 5 heteroatoms. The van der Waals surface area contributed by atoms with Crippen molar-refractivity contribution in [3.63, 3.8) is 0 Å². The molecule has 0 radical (unpaired) electrons. The number of nitrogens with zero attached hydrogens (tertiary/aromatic N) is 2. The zero-order valence-electron chi connectivity index (χ0n) is 20.5. The van der Waals surface area contributed by atoms with Crippen molar-refractivity contribution >= 4 is 39.8 Å². The van der Waals surface area contributed by atoms with Crippen LogP contribution in [0, 0.1) is 6.92 Å². The van der Waals surface area contributed by atoms with Crippen molar-refractivity contribution in [2.75, 3.05) is 29.9 Å². The lowest BCUT2D eigenvalue weighted by molar-refractivity contribution is 0.160. The largest absolute Gasteiger partial charge is 0.326 e. The molecule has 0 aliphatic carbocycles. The predicted octanol–water partition coefficient (Wildman–Crippen LogP) is 7.39. The first kappa shape index (κ1) is 23.1. The van der Waals surface area contributed by atoms with Gasteiger partial charge in [-0.25, -0.2) is 4.79 Å². The molecule has 2 aliphatic heterocycles. The molecule has 1 N–H and O–H groups in total. The summed E-state index contributed by atoms with van der Waals surface area (Å²) in [5, 5.41) is 6.24. The molecule has 1 fully saturated rings. The first-order valence-electron chi connectivity index (χ1n) is 12.6. The molecule has 0 atom stereocenters. The zero-order valence-corrected chi connectivity index (χ0v) is 21.3. The number of benzene rings is 4. The first-order chi connectivity index (χ1) is 17.5. The number of hydrogen-bond acceptors (Lipinski definition) is 2. The highest BCUT2D eigenvalue weighted by atomic mass is 35.5. The Hall–Kier alpha value is -3.34. The van der Waals surface area contributed by atoms with Gasteiger partial charge in [0, 0.05) is 34.9 Å². The van der Waals surface area contributed by atoms with Crippen molar-refractivity contribution in [3.8, 4) is 0 Å². The summed E-state index contributed by atoms with van der Waals surface area (Å²) >= 11 is 6.13. The number of likely N-dealkylation sites (tertiary alicyclic amines) is 1. The second-order valence-electron chi connectivity index (χ2n) is 10.3. The van der Waals surface area contributed by atoms with Crippen LogP contribution >= 0.6 is 11.6 Å². The Balaban J connectivity index is 1.20. The molecule has 182 valence electrons. The maximum atomic E-state index is 13.4. The molecule has 36 heavy (non-hydrogen) atoms. The molecule has 0 saturated carbocycles. The summed E-state index contributed by atoms with van der Waals surface area (Å²) in [6, 6.07) is 29.1. The average molecular weight is 496 g/mol. The molecule has 4 aromatic rings. The van der Waals surface area contributed by atoms with E-state index in [2.05, 4.69) is 77.8 Å². The number of amides is 2. The van der Waals surface area contributed by atoms with Gasteiger partial charge in [0.05, 0.1) is 0 Å². The second kappa shape index (κ2) is 9.27. The van der Waals surface area contributed by atoms with Crippen LogP contribution in [0.4, 0.5) is 16.2 Å². The van der Waals surface area contributed by atoms with Crippen molar-refractivity contribution in [3.05, 3.63) is 107 Å². The standard InChI is InChI=1S/C31H30ClN3O/c1-22-9-12-29-28(17-22)31(21-35(29)30(36)33-27-8-4-7-26(32)19-27)13-15-34(16-14-31)20-23-10-11-24-5-2-3-6-25(24)18-23/h2-12,17-19H,13-16,20-21H2,1H3,(H,33,36). The van der Waals surface area contributed by atoms with Gasteiger partial charge in [-0.15, -0.1) is 0 Å². The third-order valence-electron chi connectivity index (χ3n) is 7.83. The maximum Gasteiger partial charge on any atom is 0.326 e. The lowest BCUT2D eigenvalue weighted by Crippen LogP contribution is -2.46. The van der Waals surface area contributed by atoms with Gasteiger partial charge in [0.1, 0.15) is 0 Å². The molecule has 4 nitrogen and oxygen atoms in total. The summed E-state index contributed by atoms with van der Waals surface area (Å²) < 4.78 is 0. The van der Waals surface area contributed by atoms with Gasteiger partial charge in [0.25, 0.3) is 0 Å². The number of fused-ring (bicyclic) bond motifs is 3. The summed E-state index contributed by atoms with van der Waals surface area (Å²) in [6.07, 6.45) is 2.08. The fourth-order valence-electron chi connectivity index (χ4n) is 5.88. The predicted molar refractivity (Wildman–Crippen MR) is 149 cm³/mol. The van der Waals surface area contributed by atoms with E-state index in [1.807, 2.05) is 23.1 Å². The minimum absolute atomic E-state index is 0.00703. The Labute approximate surface area is 217 Å². The van der Waals surface area contributed by atoms with Gasteiger partial charge >= 0.3 is 6.03 Å². The Morgan fingerprint density at radius 3 is 2.53 bits per heavy atom. The number of carbonyl (C=O) groups excluding carboxylic acids is 1. The van der Waals surface area contributed by atoms with Crippen LogP contribution in [0.5, 0.6) is 0 Å². The molecule has 0 bridgehead atoms. The third kappa shape index (κ3) is 4.36. The van der Waals surface area contributed by atoms with E-state index in [9.17, 15) is 4.79 Å². The van der Waals surface area contributed by atoms with E-state index in [-0.39, 0.29) is 11.4 Å². The summed E-state index contributed by atoms with van der Waals surface area (Å²) in [6.45, 7) is 5.84.